The van der Waals surface area contributed by atoms with Crippen LogP contribution in [0, 0.1) is 5.82 Å². The first-order valence-electron chi connectivity index (χ1n) is 6.33. The molecule has 2 nitrogen and oxygen atoms in total. The van der Waals surface area contributed by atoms with E-state index in [2.05, 4.69) is 19.2 Å². The number of nitrogens with one attached hydrogen (secondary N) is 1. The van der Waals surface area contributed by atoms with Gasteiger partial charge in [0.2, 0.25) is 0 Å². The van der Waals surface area contributed by atoms with E-state index in [9.17, 15) is 4.39 Å². The summed E-state index contributed by atoms with van der Waals surface area (Å²) in [6.45, 7) is 5.77. The van der Waals surface area contributed by atoms with E-state index in [1.165, 1.54) is 6.07 Å². The summed E-state index contributed by atoms with van der Waals surface area (Å²) in [6.07, 6.45) is 1.01. The number of rotatable bonds is 8. The van der Waals surface area contributed by atoms with Crippen LogP contribution in [0.15, 0.2) is 23.1 Å². The number of methoxy groups -OCH3 is 1. The van der Waals surface area contributed by atoms with Crippen molar-refractivity contribution < 1.29 is 9.13 Å². The molecule has 0 bridgehead atoms. The highest BCUT2D eigenvalue weighted by Gasteiger charge is 2.11. The molecule has 1 aromatic rings. The summed E-state index contributed by atoms with van der Waals surface area (Å²) in [7, 11) is 1.71. The van der Waals surface area contributed by atoms with Gasteiger partial charge in [-0.1, -0.05) is 6.92 Å². The van der Waals surface area contributed by atoms with E-state index >= 15 is 0 Å². The average molecular weight is 271 g/mol. The van der Waals surface area contributed by atoms with Crippen LogP contribution >= 0.6 is 11.8 Å². The Bertz CT molecular complexity index is 360. The van der Waals surface area contributed by atoms with Crippen molar-refractivity contribution in [2.45, 2.75) is 31.2 Å². The SMILES string of the molecule is CCNC(C)c1cc(F)ccc1SCCCOC. The molecule has 1 rings (SSSR count). The largest absolute Gasteiger partial charge is 0.385 e. The number of hydrogen-bond donors (Lipinski definition) is 1. The van der Waals surface area contributed by atoms with Gasteiger partial charge in [-0.25, -0.2) is 4.39 Å². The van der Waals surface area contributed by atoms with Gasteiger partial charge in [-0.05, 0) is 43.7 Å². The van der Waals surface area contributed by atoms with Crippen molar-refractivity contribution >= 4 is 11.8 Å². The zero-order valence-corrected chi connectivity index (χ0v) is 12.1. The molecule has 4 heteroatoms. The zero-order chi connectivity index (χ0) is 13.4. The Morgan fingerprint density at radius 1 is 1.44 bits per heavy atom. The van der Waals surface area contributed by atoms with E-state index < -0.39 is 0 Å². The maximum absolute atomic E-state index is 13.3. The molecule has 0 spiro atoms. The fourth-order valence-corrected chi connectivity index (χ4v) is 2.84. The van der Waals surface area contributed by atoms with Crippen LogP contribution in [0.25, 0.3) is 0 Å². The number of ether oxygens (including phenoxy) is 1. The molecule has 1 atom stereocenters. The van der Waals surface area contributed by atoms with E-state index in [1.54, 1.807) is 24.9 Å². The molecule has 0 aromatic heterocycles. The summed E-state index contributed by atoms with van der Waals surface area (Å²) >= 11 is 1.76. The van der Waals surface area contributed by atoms with Crippen molar-refractivity contribution in [3.05, 3.63) is 29.6 Å². The van der Waals surface area contributed by atoms with Gasteiger partial charge in [0.15, 0.2) is 0 Å². The standard InChI is InChI=1S/C14H22FNOS/c1-4-16-11(2)13-10-12(15)6-7-14(13)18-9-5-8-17-3/h6-7,10-11,16H,4-5,8-9H2,1-3H3. The topological polar surface area (TPSA) is 21.3 Å². The lowest BCUT2D eigenvalue weighted by Gasteiger charge is -2.17. The Hall–Kier alpha value is -0.580. The minimum Gasteiger partial charge on any atom is -0.385 e. The van der Waals surface area contributed by atoms with Gasteiger partial charge in [0, 0.05) is 30.4 Å². The lowest BCUT2D eigenvalue weighted by molar-refractivity contribution is 0.200. The van der Waals surface area contributed by atoms with Crippen LogP contribution in [0.5, 0.6) is 0 Å². The van der Waals surface area contributed by atoms with Crippen LogP contribution in [-0.4, -0.2) is 26.0 Å². The van der Waals surface area contributed by atoms with Crippen LogP contribution in [0.4, 0.5) is 4.39 Å². The number of halogens is 1. The van der Waals surface area contributed by atoms with Crippen LogP contribution in [0.1, 0.15) is 31.9 Å². The third-order valence-corrected chi connectivity index (χ3v) is 3.87. The minimum absolute atomic E-state index is 0.170. The molecule has 1 unspecified atom stereocenters. The van der Waals surface area contributed by atoms with Gasteiger partial charge in [-0.2, -0.15) is 0 Å². The lowest BCUT2D eigenvalue weighted by Crippen LogP contribution is -2.18. The summed E-state index contributed by atoms with van der Waals surface area (Å²) in [5, 5.41) is 3.33. The average Bonchev–Trinajstić information content (AvgIpc) is 2.36. The second-order valence-electron chi connectivity index (χ2n) is 4.16. The van der Waals surface area contributed by atoms with Gasteiger partial charge in [0.25, 0.3) is 0 Å². The molecule has 0 fully saturated rings. The van der Waals surface area contributed by atoms with Gasteiger partial charge < -0.3 is 10.1 Å². The number of benzene rings is 1. The predicted octanol–water partition coefficient (Wildman–Crippen LogP) is 3.62. The van der Waals surface area contributed by atoms with E-state index in [4.69, 9.17) is 4.74 Å². The van der Waals surface area contributed by atoms with Crippen molar-refractivity contribution in [1.82, 2.24) is 5.32 Å². The fraction of sp³-hybridized carbons (Fsp3) is 0.571. The third-order valence-electron chi connectivity index (χ3n) is 2.70. The van der Waals surface area contributed by atoms with Gasteiger partial charge in [-0.15, -0.1) is 11.8 Å². The van der Waals surface area contributed by atoms with E-state index in [-0.39, 0.29) is 11.9 Å². The second-order valence-corrected chi connectivity index (χ2v) is 5.29. The summed E-state index contributed by atoms with van der Waals surface area (Å²) in [6, 6.07) is 5.21. The molecule has 0 radical (unpaired) electrons. The molecule has 0 saturated heterocycles. The van der Waals surface area contributed by atoms with Crippen LogP contribution in [0.3, 0.4) is 0 Å². The molecule has 102 valence electrons. The van der Waals surface area contributed by atoms with Crippen molar-refractivity contribution in [2.24, 2.45) is 0 Å². The Morgan fingerprint density at radius 2 is 2.22 bits per heavy atom. The number of hydrogen-bond acceptors (Lipinski definition) is 3. The first kappa shape index (κ1) is 15.5. The molecule has 0 saturated carbocycles. The summed E-state index contributed by atoms with van der Waals surface area (Å²) in [4.78, 5) is 1.15. The van der Waals surface area contributed by atoms with Crippen LogP contribution in [-0.2, 0) is 4.74 Å². The molecule has 0 amide bonds. The predicted molar refractivity (Wildman–Crippen MR) is 75.7 cm³/mol. The van der Waals surface area contributed by atoms with Crippen molar-refractivity contribution in [3.63, 3.8) is 0 Å². The smallest absolute Gasteiger partial charge is 0.123 e. The fourth-order valence-electron chi connectivity index (χ4n) is 1.79. The summed E-state index contributed by atoms with van der Waals surface area (Å²) < 4.78 is 18.4. The Labute approximate surface area is 113 Å². The van der Waals surface area contributed by atoms with Crippen molar-refractivity contribution in [3.8, 4) is 0 Å². The summed E-state index contributed by atoms with van der Waals surface area (Å²) in [5.74, 6) is 0.821. The monoisotopic (exact) mass is 271 g/mol. The maximum atomic E-state index is 13.3. The second kappa shape index (κ2) is 8.51. The highest BCUT2D eigenvalue weighted by molar-refractivity contribution is 7.99. The molecule has 0 aliphatic carbocycles. The van der Waals surface area contributed by atoms with E-state index in [0.717, 1.165) is 35.8 Å². The Balaban J connectivity index is 2.70. The highest BCUT2D eigenvalue weighted by Crippen LogP contribution is 2.28. The zero-order valence-electron chi connectivity index (χ0n) is 11.3. The molecule has 0 heterocycles. The van der Waals surface area contributed by atoms with E-state index in [0.29, 0.717) is 0 Å². The first-order chi connectivity index (χ1) is 8.69. The molecular formula is C14H22FNOS. The molecule has 0 aliphatic rings. The van der Waals surface area contributed by atoms with Gasteiger partial charge in [0.05, 0.1) is 0 Å². The molecule has 1 aromatic carbocycles. The maximum Gasteiger partial charge on any atom is 0.123 e. The quantitative estimate of drug-likeness (QED) is 0.576. The first-order valence-corrected chi connectivity index (χ1v) is 7.32. The Morgan fingerprint density at radius 3 is 2.89 bits per heavy atom. The third kappa shape index (κ3) is 4.96. The molecule has 0 aliphatic heterocycles. The Kier molecular flexibility index (Phi) is 7.32. The molecule has 18 heavy (non-hydrogen) atoms. The summed E-state index contributed by atoms with van der Waals surface area (Å²) in [5.41, 5.74) is 1.04. The van der Waals surface area contributed by atoms with Gasteiger partial charge in [-0.3, -0.25) is 0 Å². The van der Waals surface area contributed by atoms with Gasteiger partial charge in [0.1, 0.15) is 5.82 Å². The molecule has 1 N–H and O–H groups in total. The highest BCUT2D eigenvalue weighted by atomic mass is 32.2. The molecular weight excluding hydrogens is 249 g/mol. The normalized spacial score (nSPS) is 12.7. The van der Waals surface area contributed by atoms with Crippen LogP contribution < -0.4 is 5.32 Å². The number of thioether (sulfide) groups is 1. The van der Waals surface area contributed by atoms with E-state index in [1.807, 2.05) is 6.07 Å². The van der Waals surface area contributed by atoms with Crippen LogP contribution in [0.2, 0.25) is 0 Å². The van der Waals surface area contributed by atoms with Crippen molar-refractivity contribution in [2.75, 3.05) is 26.0 Å². The minimum atomic E-state index is -0.170. The lowest BCUT2D eigenvalue weighted by atomic mass is 10.1. The van der Waals surface area contributed by atoms with Gasteiger partial charge >= 0.3 is 0 Å². The van der Waals surface area contributed by atoms with Crippen molar-refractivity contribution in [1.29, 1.82) is 0 Å².